The summed E-state index contributed by atoms with van der Waals surface area (Å²) in [6.07, 6.45) is 0. The highest BCUT2D eigenvalue weighted by atomic mass is 16.5. The number of nitrogens with two attached hydrogens (primary N) is 1. The average Bonchev–Trinajstić information content (AvgIpc) is 2.38. The van der Waals surface area contributed by atoms with Crippen molar-refractivity contribution < 1.29 is 9.84 Å². The molecule has 0 heterocycles. The molecule has 0 aromatic heterocycles. The van der Waals surface area contributed by atoms with E-state index in [0.29, 0.717) is 6.61 Å². The van der Waals surface area contributed by atoms with Crippen LogP contribution in [0.3, 0.4) is 0 Å². The molecule has 0 saturated heterocycles. The molecule has 3 nitrogen and oxygen atoms in total. The molecule has 0 aliphatic rings. The lowest BCUT2D eigenvalue weighted by Crippen LogP contribution is -2.18. The maximum Gasteiger partial charge on any atom is 0.119 e. The summed E-state index contributed by atoms with van der Waals surface area (Å²) in [4.78, 5) is 0. The van der Waals surface area contributed by atoms with Crippen molar-refractivity contribution in [2.45, 2.75) is 6.04 Å². The van der Waals surface area contributed by atoms with E-state index in [0.717, 1.165) is 11.3 Å². The van der Waals surface area contributed by atoms with Crippen LogP contribution in [-0.2, 0) is 0 Å². The summed E-state index contributed by atoms with van der Waals surface area (Å²) in [5.74, 6) is 1.05. The number of rotatable bonds is 4. The molecule has 1 atom stereocenters. The Morgan fingerprint density at radius 3 is 2.29 bits per heavy atom. The molecule has 0 saturated carbocycles. The van der Waals surface area contributed by atoms with E-state index in [9.17, 15) is 5.11 Å². The van der Waals surface area contributed by atoms with Gasteiger partial charge in [-0.15, -0.1) is 0 Å². The molecule has 17 heavy (non-hydrogen) atoms. The predicted molar refractivity (Wildman–Crippen MR) is 67.0 cm³/mol. The molecule has 0 fully saturated rings. The Balaban J connectivity index is 1.93. The van der Waals surface area contributed by atoms with Crippen molar-refractivity contribution in [3.8, 4) is 11.5 Å². The molecule has 1 unspecified atom stereocenters. The molecule has 0 radical (unpaired) electrons. The van der Waals surface area contributed by atoms with Gasteiger partial charge in [0.1, 0.15) is 18.1 Å². The zero-order valence-electron chi connectivity index (χ0n) is 9.41. The lowest BCUT2D eigenvalue weighted by Gasteiger charge is -2.13. The highest BCUT2D eigenvalue weighted by Crippen LogP contribution is 2.17. The number of para-hydroxylation sites is 1. The molecule has 3 heteroatoms. The van der Waals surface area contributed by atoms with Crippen LogP contribution in [0.4, 0.5) is 0 Å². The van der Waals surface area contributed by atoms with Gasteiger partial charge in [0, 0.05) is 0 Å². The van der Waals surface area contributed by atoms with Crippen molar-refractivity contribution in [1.29, 1.82) is 0 Å². The molecule has 0 aliphatic heterocycles. The Morgan fingerprint density at radius 2 is 1.65 bits per heavy atom. The third-order valence-corrected chi connectivity index (χ3v) is 2.49. The van der Waals surface area contributed by atoms with E-state index < -0.39 is 0 Å². The van der Waals surface area contributed by atoms with E-state index in [-0.39, 0.29) is 11.8 Å². The number of ether oxygens (including phenoxy) is 1. The van der Waals surface area contributed by atoms with Crippen molar-refractivity contribution in [2.24, 2.45) is 5.73 Å². The van der Waals surface area contributed by atoms with Crippen molar-refractivity contribution in [1.82, 2.24) is 0 Å². The Labute approximate surface area is 100 Å². The van der Waals surface area contributed by atoms with Gasteiger partial charge in [0.15, 0.2) is 0 Å². The second-order valence-electron chi connectivity index (χ2n) is 3.82. The van der Waals surface area contributed by atoms with Crippen LogP contribution in [0.25, 0.3) is 0 Å². The Morgan fingerprint density at radius 1 is 1.00 bits per heavy atom. The molecule has 2 aromatic rings. The van der Waals surface area contributed by atoms with Crippen LogP contribution in [0.2, 0.25) is 0 Å². The number of hydrogen-bond acceptors (Lipinski definition) is 3. The van der Waals surface area contributed by atoms with Gasteiger partial charge in [-0.1, -0.05) is 30.3 Å². The molecule has 0 amide bonds. The summed E-state index contributed by atoms with van der Waals surface area (Å²) >= 11 is 0. The largest absolute Gasteiger partial charge is 0.508 e. The van der Waals surface area contributed by atoms with Gasteiger partial charge >= 0.3 is 0 Å². The minimum atomic E-state index is -0.198. The Hall–Kier alpha value is -2.00. The molecular weight excluding hydrogens is 214 g/mol. The first-order valence-electron chi connectivity index (χ1n) is 5.48. The molecule has 2 aromatic carbocycles. The van der Waals surface area contributed by atoms with Crippen LogP contribution in [0.5, 0.6) is 11.5 Å². The zero-order chi connectivity index (χ0) is 12.1. The molecular formula is C14H15NO2. The van der Waals surface area contributed by atoms with E-state index in [4.69, 9.17) is 10.5 Å². The molecule has 0 spiro atoms. The number of benzene rings is 2. The minimum absolute atomic E-state index is 0.198. The topological polar surface area (TPSA) is 55.5 Å². The van der Waals surface area contributed by atoms with Crippen LogP contribution >= 0.6 is 0 Å². The van der Waals surface area contributed by atoms with Crippen molar-refractivity contribution in [3.63, 3.8) is 0 Å². The first kappa shape index (κ1) is 11.5. The fraction of sp³-hybridized carbons (Fsp3) is 0.143. The maximum absolute atomic E-state index is 9.17. The molecule has 0 aliphatic carbocycles. The van der Waals surface area contributed by atoms with Gasteiger partial charge in [0.25, 0.3) is 0 Å². The summed E-state index contributed by atoms with van der Waals surface area (Å²) in [5, 5.41) is 9.17. The number of aromatic hydroxyl groups is 1. The van der Waals surface area contributed by atoms with Gasteiger partial charge in [0.2, 0.25) is 0 Å². The van der Waals surface area contributed by atoms with Crippen LogP contribution < -0.4 is 10.5 Å². The van der Waals surface area contributed by atoms with E-state index in [1.807, 2.05) is 30.3 Å². The lowest BCUT2D eigenvalue weighted by atomic mass is 10.1. The average molecular weight is 229 g/mol. The van der Waals surface area contributed by atoms with Crippen LogP contribution in [0.15, 0.2) is 54.6 Å². The van der Waals surface area contributed by atoms with Crippen LogP contribution in [0.1, 0.15) is 11.6 Å². The first-order chi connectivity index (χ1) is 8.25. The van der Waals surface area contributed by atoms with E-state index in [1.54, 1.807) is 24.3 Å². The van der Waals surface area contributed by atoms with Crippen LogP contribution in [-0.4, -0.2) is 11.7 Å². The smallest absolute Gasteiger partial charge is 0.119 e. The second kappa shape index (κ2) is 5.37. The minimum Gasteiger partial charge on any atom is -0.508 e. The summed E-state index contributed by atoms with van der Waals surface area (Å²) in [7, 11) is 0. The van der Waals surface area contributed by atoms with Gasteiger partial charge in [-0.05, 0) is 29.8 Å². The fourth-order valence-electron chi connectivity index (χ4n) is 1.52. The van der Waals surface area contributed by atoms with Gasteiger partial charge in [-0.25, -0.2) is 0 Å². The first-order valence-corrected chi connectivity index (χ1v) is 5.48. The Bertz CT molecular complexity index is 453. The fourth-order valence-corrected chi connectivity index (χ4v) is 1.52. The maximum atomic E-state index is 9.17. The van der Waals surface area contributed by atoms with Gasteiger partial charge in [-0.3, -0.25) is 0 Å². The standard InChI is InChI=1S/C14H15NO2/c15-14(11-6-8-12(16)9-7-11)10-17-13-4-2-1-3-5-13/h1-9,14,16H,10,15H2. The van der Waals surface area contributed by atoms with Crippen molar-refractivity contribution >= 4 is 0 Å². The predicted octanol–water partition coefficient (Wildman–Crippen LogP) is 2.47. The molecule has 3 N–H and O–H groups in total. The summed E-state index contributed by atoms with van der Waals surface area (Å²) in [5.41, 5.74) is 6.93. The van der Waals surface area contributed by atoms with Gasteiger partial charge in [0.05, 0.1) is 6.04 Å². The quantitative estimate of drug-likeness (QED) is 0.846. The normalized spacial score (nSPS) is 12.1. The molecule has 2 rings (SSSR count). The summed E-state index contributed by atoms with van der Waals surface area (Å²) in [6.45, 7) is 0.411. The SMILES string of the molecule is NC(COc1ccccc1)c1ccc(O)cc1. The molecule has 0 bridgehead atoms. The monoisotopic (exact) mass is 229 g/mol. The van der Waals surface area contributed by atoms with E-state index in [1.165, 1.54) is 0 Å². The van der Waals surface area contributed by atoms with Gasteiger partial charge in [-0.2, -0.15) is 0 Å². The third kappa shape index (κ3) is 3.23. The highest BCUT2D eigenvalue weighted by molar-refractivity contribution is 5.28. The van der Waals surface area contributed by atoms with Crippen molar-refractivity contribution in [2.75, 3.05) is 6.61 Å². The summed E-state index contributed by atoms with van der Waals surface area (Å²) < 4.78 is 5.56. The van der Waals surface area contributed by atoms with E-state index >= 15 is 0 Å². The van der Waals surface area contributed by atoms with E-state index in [2.05, 4.69) is 0 Å². The molecule has 88 valence electrons. The Kier molecular flexibility index (Phi) is 3.62. The third-order valence-electron chi connectivity index (χ3n) is 2.49. The van der Waals surface area contributed by atoms with Crippen molar-refractivity contribution in [3.05, 3.63) is 60.2 Å². The second-order valence-corrected chi connectivity index (χ2v) is 3.82. The summed E-state index contributed by atoms with van der Waals surface area (Å²) in [6, 6.07) is 16.2. The number of phenols is 1. The lowest BCUT2D eigenvalue weighted by molar-refractivity contribution is 0.290. The number of hydrogen-bond donors (Lipinski definition) is 2. The van der Waals surface area contributed by atoms with Gasteiger partial charge < -0.3 is 15.6 Å². The van der Waals surface area contributed by atoms with Crippen LogP contribution in [0, 0.1) is 0 Å². The zero-order valence-corrected chi connectivity index (χ0v) is 9.41. The highest BCUT2D eigenvalue weighted by Gasteiger charge is 2.06. The number of phenolic OH excluding ortho intramolecular Hbond substituents is 1.